The van der Waals surface area contributed by atoms with Gasteiger partial charge in [-0.2, -0.15) is 0 Å². The second-order valence-corrected chi connectivity index (χ2v) is 18.3. The molecule has 2 saturated heterocycles. The van der Waals surface area contributed by atoms with Crippen LogP contribution in [0.2, 0.25) is 0 Å². The number of amides is 6. The van der Waals surface area contributed by atoms with Crippen molar-refractivity contribution in [3.8, 4) is 0 Å². The zero-order valence-corrected chi connectivity index (χ0v) is 37.8. The molecule has 1 unspecified atom stereocenters. The van der Waals surface area contributed by atoms with Gasteiger partial charge in [0.15, 0.2) is 0 Å². The van der Waals surface area contributed by atoms with Crippen LogP contribution in [0, 0.1) is 5.41 Å². The van der Waals surface area contributed by atoms with Gasteiger partial charge in [-0.05, 0) is 98.4 Å². The maximum absolute atomic E-state index is 14.7. The minimum atomic E-state index is -2.68. The van der Waals surface area contributed by atoms with Gasteiger partial charge in [-0.25, -0.2) is 18.6 Å². The first-order valence-corrected chi connectivity index (χ1v) is 23.3. The molecular formula is C48H62F2N10O5. The van der Waals surface area contributed by atoms with Gasteiger partial charge in [0.1, 0.15) is 11.9 Å². The number of likely N-dealkylation sites (N-methyl/N-ethyl adjacent to an activating group) is 1. The van der Waals surface area contributed by atoms with Crippen molar-refractivity contribution in [2.45, 2.75) is 102 Å². The average molecular weight is 897 g/mol. The number of carbonyl (C=O) groups is 5. The smallest absolute Gasteiger partial charge is 0.317 e. The van der Waals surface area contributed by atoms with Crippen LogP contribution < -0.4 is 20.9 Å². The van der Waals surface area contributed by atoms with Crippen LogP contribution in [0.15, 0.2) is 47.8 Å². The number of hydrogen-bond donors (Lipinski definition) is 4. The number of fused-ring (bicyclic) bond motifs is 2. The molecule has 6 heterocycles. The predicted octanol–water partition coefficient (Wildman–Crippen LogP) is 5.43. The molecule has 65 heavy (non-hydrogen) atoms. The van der Waals surface area contributed by atoms with Crippen LogP contribution in [0.5, 0.6) is 0 Å². The first-order valence-electron chi connectivity index (χ1n) is 23.3. The molecule has 2 fully saturated rings. The van der Waals surface area contributed by atoms with E-state index in [9.17, 15) is 38.2 Å². The predicted molar refractivity (Wildman–Crippen MR) is 243 cm³/mol. The number of rotatable bonds is 14. The van der Waals surface area contributed by atoms with Crippen LogP contribution in [0.4, 0.5) is 19.3 Å². The lowest BCUT2D eigenvalue weighted by molar-refractivity contribution is -0.136. The first-order chi connectivity index (χ1) is 31.3. The van der Waals surface area contributed by atoms with Gasteiger partial charge < -0.3 is 30.3 Å². The maximum atomic E-state index is 14.7. The Bertz CT molecular complexity index is 2290. The Hall–Kier alpha value is -5.68. The molecular weight excluding hydrogens is 835 g/mol. The highest BCUT2D eigenvalue weighted by Gasteiger charge is 2.45. The molecule has 0 aliphatic carbocycles. The standard InChI is InChI=1S/C48H62F2N10O5/c1-52-48(65)58-24-19-38(37(29-58)44(51)59-21-10-13-31-25-35(32-27-55(2)56(3)28-32)36(43(49)50)26-40(31)59)53-33-17-22-57(23-18-33)20-8-6-4-5-7-11-30-12-9-14-34-42(30)47(64)60(46(34)63)39-15-16-41(61)54-45(39)62/h9,12,14,25-27,33,39,43,51,53H,4-8,10-11,13,15-24,28-29H2,1-3H3,(H,52,65)(H,54,61,62). The highest BCUT2D eigenvalue weighted by molar-refractivity contribution is 6.24. The first kappa shape index (κ1) is 45.9. The number of nitrogens with one attached hydrogen (secondary N) is 4. The molecule has 0 bridgehead atoms. The number of unbranched alkanes of at least 4 members (excludes halogenated alkanes) is 4. The van der Waals surface area contributed by atoms with Crippen molar-refractivity contribution in [2.75, 3.05) is 71.9 Å². The summed E-state index contributed by atoms with van der Waals surface area (Å²) < 4.78 is 29.5. The molecule has 15 nitrogen and oxygen atoms in total. The third-order valence-corrected chi connectivity index (χ3v) is 14.1. The molecule has 0 aromatic heterocycles. The molecule has 4 N–H and O–H groups in total. The molecule has 2 aromatic rings. The van der Waals surface area contributed by atoms with Gasteiger partial charge in [0.05, 0.1) is 17.7 Å². The minimum Gasteiger partial charge on any atom is -0.385 e. The van der Waals surface area contributed by atoms with Gasteiger partial charge >= 0.3 is 6.03 Å². The van der Waals surface area contributed by atoms with Crippen molar-refractivity contribution in [2.24, 2.45) is 0 Å². The Morgan fingerprint density at radius 3 is 2.38 bits per heavy atom. The van der Waals surface area contributed by atoms with Crippen molar-refractivity contribution < 1.29 is 32.8 Å². The Labute approximate surface area is 379 Å². The summed E-state index contributed by atoms with van der Waals surface area (Å²) in [6.45, 7) is 4.74. The van der Waals surface area contributed by atoms with Crippen molar-refractivity contribution in [3.63, 3.8) is 0 Å². The van der Waals surface area contributed by atoms with E-state index in [-0.39, 0.29) is 42.9 Å². The number of aryl methyl sites for hydroxylation is 2. The van der Waals surface area contributed by atoms with Crippen molar-refractivity contribution >= 4 is 46.8 Å². The third kappa shape index (κ3) is 9.67. The Balaban J connectivity index is 0.830. The summed E-state index contributed by atoms with van der Waals surface area (Å²) in [7, 11) is 5.43. The number of halogens is 2. The normalized spacial score (nSPS) is 21.0. The zero-order chi connectivity index (χ0) is 45.9. The summed E-state index contributed by atoms with van der Waals surface area (Å²) in [6, 6.07) is 7.83. The van der Waals surface area contributed by atoms with Crippen LogP contribution in [0.25, 0.3) is 5.57 Å². The summed E-state index contributed by atoms with van der Waals surface area (Å²) in [6.07, 6.45) is 9.17. The van der Waals surface area contributed by atoms with E-state index in [1.54, 1.807) is 30.1 Å². The molecule has 0 spiro atoms. The van der Waals surface area contributed by atoms with Crippen LogP contribution in [0.3, 0.4) is 0 Å². The second-order valence-electron chi connectivity index (χ2n) is 18.3. The number of hydrazine groups is 1. The molecule has 0 saturated carbocycles. The summed E-state index contributed by atoms with van der Waals surface area (Å²) >= 11 is 0. The van der Waals surface area contributed by atoms with E-state index in [4.69, 9.17) is 0 Å². The third-order valence-electron chi connectivity index (χ3n) is 14.1. The maximum Gasteiger partial charge on any atom is 0.317 e. The largest absolute Gasteiger partial charge is 0.385 e. The van der Waals surface area contributed by atoms with E-state index in [1.165, 1.54) is 0 Å². The summed E-state index contributed by atoms with van der Waals surface area (Å²) in [5, 5.41) is 22.3. The lowest BCUT2D eigenvalue weighted by Gasteiger charge is -2.39. The molecule has 2 aromatic carbocycles. The number of urea groups is 1. The molecule has 8 rings (SSSR count). The van der Waals surface area contributed by atoms with E-state index in [0.29, 0.717) is 54.9 Å². The van der Waals surface area contributed by atoms with Gasteiger partial charge in [-0.15, -0.1) is 0 Å². The SMILES string of the molecule is CNC(=O)N1CCC(NC2CCN(CCCCCCCc3cccc4c3C(=O)N(C3CCC(=O)NC3=O)C4=O)CC2)=C(C(=N)N2CCCc3cc(C4=CN(C)N(C)C4)c(C(F)F)cc32)C1. The van der Waals surface area contributed by atoms with Gasteiger partial charge in [-0.3, -0.25) is 34.8 Å². The molecule has 6 amide bonds. The summed E-state index contributed by atoms with van der Waals surface area (Å²) in [5.74, 6) is -1.69. The number of carbonyl (C=O) groups excluding carboxylic acids is 5. The summed E-state index contributed by atoms with van der Waals surface area (Å²) in [5.41, 5.74) is 6.18. The molecule has 6 aliphatic rings. The number of imide groups is 2. The van der Waals surface area contributed by atoms with E-state index in [2.05, 4.69) is 20.9 Å². The van der Waals surface area contributed by atoms with Gasteiger partial charge in [0.25, 0.3) is 18.2 Å². The topological polar surface area (TPSA) is 165 Å². The van der Waals surface area contributed by atoms with E-state index in [0.717, 1.165) is 110 Å². The fourth-order valence-electron chi connectivity index (χ4n) is 10.4. The average Bonchev–Trinajstić information content (AvgIpc) is 3.78. The van der Waals surface area contributed by atoms with Crippen LogP contribution in [0.1, 0.15) is 120 Å². The van der Waals surface area contributed by atoms with Crippen molar-refractivity contribution in [1.82, 2.24) is 40.7 Å². The van der Waals surface area contributed by atoms with E-state index >= 15 is 0 Å². The number of anilines is 1. The van der Waals surface area contributed by atoms with E-state index in [1.807, 2.05) is 47.3 Å². The second kappa shape index (κ2) is 19.8. The van der Waals surface area contributed by atoms with Crippen LogP contribution in [-0.4, -0.2) is 139 Å². The highest BCUT2D eigenvalue weighted by Crippen LogP contribution is 2.40. The lowest BCUT2D eigenvalue weighted by atomic mass is 9.91. The fourth-order valence-corrected chi connectivity index (χ4v) is 10.4. The van der Waals surface area contributed by atoms with Crippen molar-refractivity contribution in [3.05, 3.63) is 81.2 Å². The van der Waals surface area contributed by atoms with Gasteiger partial charge in [0, 0.05) is 101 Å². The number of hydrogen-bond acceptors (Lipinski definition) is 10. The van der Waals surface area contributed by atoms with Crippen LogP contribution in [-0.2, 0) is 22.4 Å². The number of nitrogens with zero attached hydrogens (tertiary/aromatic N) is 6. The van der Waals surface area contributed by atoms with Crippen molar-refractivity contribution in [1.29, 1.82) is 5.41 Å². The number of likely N-dealkylation sites (tertiary alicyclic amines) is 1. The Morgan fingerprint density at radius 1 is 0.892 bits per heavy atom. The molecule has 1 atom stereocenters. The zero-order valence-electron chi connectivity index (χ0n) is 37.8. The molecule has 6 aliphatic heterocycles. The van der Waals surface area contributed by atoms with Gasteiger partial charge in [0.2, 0.25) is 11.8 Å². The quantitative estimate of drug-likeness (QED) is 0.0832. The lowest BCUT2D eigenvalue weighted by Crippen LogP contribution is -2.54. The Morgan fingerprint density at radius 2 is 1.66 bits per heavy atom. The minimum absolute atomic E-state index is 0.0276. The molecule has 348 valence electrons. The van der Waals surface area contributed by atoms with Crippen LogP contribution >= 0.6 is 0 Å². The Kier molecular flexibility index (Phi) is 14.0. The number of benzene rings is 2. The fraction of sp³-hybridized carbons (Fsp3) is 0.542. The van der Waals surface area contributed by atoms with Gasteiger partial charge in [-0.1, -0.05) is 31.4 Å². The van der Waals surface area contributed by atoms with E-state index < -0.39 is 36.1 Å². The monoisotopic (exact) mass is 896 g/mol. The summed E-state index contributed by atoms with van der Waals surface area (Å²) in [4.78, 5) is 70.8. The number of amidine groups is 1. The molecule has 0 radical (unpaired) electrons. The molecule has 17 heteroatoms. The highest BCUT2D eigenvalue weighted by atomic mass is 19.3. The number of piperidine rings is 2. The number of alkyl halides is 2.